The minimum Gasteiger partial charge on any atom is -0.481 e. The highest BCUT2D eigenvalue weighted by Gasteiger charge is 2.34. The molecule has 1 amide bonds. The molecule has 1 aromatic rings. The first-order valence-electron chi connectivity index (χ1n) is 7.21. The largest absolute Gasteiger partial charge is 0.481 e. The molecular formula is C16H21NO4. The van der Waals surface area contributed by atoms with Crippen LogP contribution in [0.4, 0.5) is 0 Å². The van der Waals surface area contributed by atoms with E-state index in [1.165, 1.54) is 0 Å². The SMILES string of the molecule is Cc1cccc(OC(C)C(=O)NC(CC(=O)O)C2CC2)c1. The van der Waals surface area contributed by atoms with Crippen LogP contribution in [-0.4, -0.2) is 29.1 Å². The molecule has 0 bridgehead atoms. The third-order valence-corrected chi connectivity index (χ3v) is 3.58. The third-order valence-electron chi connectivity index (χ3n) is 3.58. The number of nitrogens with one attached hydrogen (secondary N) is 1. The van der Waals surface area contributed by atoms with E-state index in [0.717, 1.165) is 18.4 Å². The summed E-state index contributed by atoms with van der Waals surface area (Å²) in [6.45, 7) is 3.62. The van der Waals surface area contributed by atoms with E-state index < -0.39 is 12.1 Å². The maximum atomic E-state index is 12.1. The smallest absolute Gasteiger partial charge is 0.305 e. The predicted molar refractivity (Wildman–Crippen MR) is 78.2 cm³/mol. The lowest BCUT2D eigenvalue weighted by atomic mass is 10.1. The van der Waals surface area contributed by atoms with Crippen LogP contribution in [-0.2, 0) is 9.59 Å². The van der Waals surface area contributed by atoms with Crippen molar-refractivity contribution in [3.63, 3.8) is 0 Å². The van der Waals surface area contributed by atoms with Crippen molar-refractivity contribution in [1.82, 2.24) is 5.32 Å². The number of carboxylic acid groups (broad SMARTS) is 1. The molecule has 21 heavy (non-hydrogen) atoms. The van der Waals surface area contributed by atoms with Crippen LogP contribution in [0.3, 0.4) is 0 Å². The molecule has 0 aliphatic heterocycles. The number of aliphatic carboxylic acids is 1. The maximum Gasteiger partial charge on any atom is 0.305 e. The number of hydrogen-bond acceptors (Lipinski definition) is 3. The van der Waals surface area contributed by atoms with Crippen LogP contribution in [0.5, 0.6) is 5.75 Å². The van der Waals surface area contributed by atoms with Crippen LogP contribution in [0.1, 0.15) is 31.7 Å². The van der Waals surface area contributed by atoms with E-state index in [9.17, 15) is 9.59 Å². The van der Waals surface area contributed by atoms with Crippen molar-refractivity contribution in [3.05, 3.63) is 29.8 Å². The van der Waals surface area contributed by atoms with Crippen LogP contribution >= 0.6 is 0 Å². The number of hydrogen-bond donors (Lipinski definition) is 2. The Bertz CT molecular complexity index is 525. The Labute approximate surface area is 124 Å². The van der Waals surface area contributed by atoms with Crippen molar-refractivity contribution in [2.24, 2.45) is 5.92 Å². The summed E-state index contributed by atoms with van der Waals surface area (Å²) in [5.74, 6) is -0.232. The molecule has 5 heteroatoms. The fourth-order valence-corrected chi connectivity index (χ4v) is 2.27. The molecule has 2 N–H and O–H groups in total. The molecule has 0 saturated heterocycles. The summed E-state index contributed by atoms with van der Waals surface area (Å²) in [5, 5.41) is 11.7. The number of carbonyl (C=O) groups excluding carboxylic acids is 1. The molecule has 0 heterocycles. The predicted octanol–water partition coefficient (Wildman–Crippen LogP) is 2.13. The topological polar surface area (TPSA) is 75.6 Å². The number of carbonyl (C=O) groups is 2. The van der Waals surface area contributed by atoms with Crippen molar-refractivity contribution in [3.8, 4) is 5.75 Å². The molecule has 2 unspecified atom stereocenters. The fraction of sp³-hybridized carbons (Fsp3) is 0.500. The second kappa shape index (κ2) is 6.61. The van der Waals surface area contributed by atoms with Crippen LogP contribution in [0.15, 0.2) is 24.3 Å². The van der Waals surface area contributed by atoms with E-state index in [1.807, 2.05) is 25.1 Å². The van der Waals surface area contributed by atoms with Gasteiger partial charge in [0.1, 0.15) is 5.75 Å². The minimum atomic E-state index is -0.889. The van der Waals surface area contributed by atoms with Gasteiger partial charge < -0.3 is 15.2 Å². The standard InChI is InChI=1S/C16H21NO4/c1-10-4-3-5-13(8-10)21-11(2)16(20)17-14(9-15(18)19)12-6-7-12/h3-5,8,11-12,14H,6-7,9H2,1-2H3,(H,17,20)(H,18,19). The highest BCUT2D eigenvalue weighted by molar-refractivity contribution is 5.81. The zero-order valence-corrected chi connectivity index (χ0v) is 12.3. The molecule has 0 spiro atoms. The summed E-state index contributed by atoms with van der Waals surface area (Å²) in [7, 11) is 0. The van der Waals surface area contributed by atoms with Crippen LogP contribution in [0.25, 0.3) is 0 Å². The Morgan fingerprint density at radius 2 is 2.14 bits per heavy atom. The van der Waals surface area contributed by atoms with E-state index in [-0.39, 0.29) is 24.3 Å². The lowest BCUT2D eigenvalue weighted by Gasteiger charge is -2.20. The van der Waals surface area contributed by atoms with Gasteiger partial charge in [-0.05, 0) is 50.3 Å². The molecule has 0 aromatic heterocycles. The van der Waals surface area contributed by atoms with E-state index in [4.69, 9.17) is 9.84 Å². The number of benzene rings is 1. The van der Waals surface area contributed by atoms with E-state index >= 15 is 0 Å². The summed E-state index contributed by atoms with van der Waals surface area (Å²) in [5.41, 5.74) is 1.06. The van der Waals surface area contributed by atoms with Crippen LogP contribution in [0, 0.1) is 12.8 Å². The molecule has 1 aliphatic carbocycles. The van der Waals surface area contributed by atoms with Crippen molar-refractivity contribution in [1.29, 1.82) is 0 Å². The highest BCUT2D eigenvalue weighted by atomic mass is 16.5. The lowest BCUT2D eigenvalue weighted by Crippen LogP contribution is -2.44. The lowest BCUT2D eigenvalue weighted by molar-refractivity contribution is -0.138. The Morgan fingerprint density at radius 3 is 2.71 bits per heavy atom. The Morgan fingerprint density at radius 1 is 1.43 bits per heavy atom. The van der Waals surface area contributed by atoms with Crippen LogP contribution < -0.4 is 10.1 Å². The monoisotopic (exact) mass is 291 g/mol. The maximum absolute atomic E-state index is 12.1. The van der Waals surface area contributed by atoms with E-state index in [1.54, 1.807) is 13.0 Å². The first-order valence-corrected chi connectivity index (χ1v) is 7.21. The average molecular weight is 291 g/mol. The first kappa shape index (κ1) is 15.4. The normalized spacial score (nSPS) is 16.9. The van der Waals surface area contributed by atoms with Gasteiger partial charge in [0.15, 0.2) is 6.10 Å². The van der Waals surface area contributed by atoms with Crippen LogP contribution in [0.2, 0.25) is 0 Å². The molecule has 1 fully saturated rings. The van der Waals surface area contributed by atoms with Crippen molar-refractivity contribution in [2.45, 2.75) is 45.3 Å². The minimum absolute atomic E-state index is 0.0342. The fourth-order valence-electron chi connectivity index (χ4n) is 2.27. The molecule has 2 rings (SSSR count). The highest BCUT2D eigenvalue weighted by Crippen LogP contribution is 2.34. The second-order valence-corrected chi connectivity index (χ2v) is 5.63. The number of amides is 1. The molecule has 5 nitrogen and oxygen atoms in total. The first-order chi connectivity index (χ1) is 9.95. The summed E-state index contributed by atoms with van der Waals surface area (Å²) < 4.78 is 5.60. The number of rotatable bonds is 7. The molecule has 0 radical (unpaired) electrons. The molecule has 2 atom stereocenters. The Balaban J connectivity index is 1.90. The zero-order chi connectivity index (χ0) is 15.4. The molecule has 1 aromatic carbocycles. The van der Waals surface area contributed by atoms with Gasteiger partial charge in [-0.2, -0.15) is 0 Å². The van der Waals surface area contributed by atoms with Gasteiger partial charge in [0.25, 0.3) is 5.91 Å². The van der Waals surface area contributed by atoms with Gasteiger partial charge >= 0.3 is 5.97 Å². The van der Waals surface area contributed by atoms with Gasteiger partial charge in [0.2, 0.25) is 0 Å². The van der Waals surface area contributed by atoms with Gasteiger partial charge in [-0.3, -0.25) is 9.59 Å². The van der Waals surface area contributed by atoms with Crippen molar-refractivity contribution in [2.75, 3.05) is 0 Å². The summed E-state index contributed by atoms with van der Waals surface area (Å²) >= 11 is 0. The van der Waals surface area contributed by atoms with Crippen molar-refractivity contribution < 1.29 is 19.4 Å². The molecule has 1 aliphatic rings. The quantitative estimate of drug-likeness (QED) is 0.807. The summed E-state index contributed by atoms with van der Waals surface area (Å²) in [4.78, 5) is 23.0. The molecule has 114 valence electrons. The van der Waals surface area contributed by atoms with Gasteiger partial charge in [-0.25, -0.2) is 0 Å². The molecule has 1 saturated carbocycles. The van der Waals surface area contributed by atoms with E-state index in [2.05, 4.69) is 5.32 Å². The zero-order valence-electron chi connectivity index (χ0n) is 12.3. The summed E-state index contributed by atoms with van der Waals surface area (Å²) in [6.07, 6.45) is 1.27. The second-order valence-electron chi connectivity index (χ2n) is 5.63. The van der Waals surface area contributed by atoms with Gasteiger partial charge in [-0.15, -0.1) is 0 Å². The Hall–Kier alpha value is -2.04. The van der Waals surface area contributed by atoms with Gasteiger partial charge in [0, 0.05) is 6.04 Å². The van der Waals surface area contributed by atoms with Gasteiger partial charge in [0.05, 0.1) is 6.42 Å². The number of ether oxygens (including phenoxy) is 1. The average Bonchev–Trinajstić information content (AvgIpc) is 3.21. The third kappa shape index (κ3) is 4.77. The summed E-state index contributed by atoms with van der Waals surface area (Å²) in [6, 6.07) is 7.19. The number of aryl methyl sites for hydroxylation is 1. The van der Waals surface area contributed by atoms with Crippen molar-refractivity contribution >= 4 is 11.9 Å². The Kier molecular flexibility index (Phi) is 4.83. The van der Waals surface area contributed by atoms with Gasteiger partial charge in [-0.1, -0.05) is 12.1 Å². The van der Waals surface area contributed by atoms with E-state index in [0.29, 0.717) is 5.75 Å². The number of carboxylic acids is 1. The molecular weight excluding hydrogens is 270 g/mol.